The zero-order valence-electron chi connectivity index (χ0n) is 8.15. The van der Waals surface area contributed by atoms with Crippen molar-refractivity contribution < 1.29 is 14.7 Å². The van der Waals surface area contributed by atoms with Gasteiger partial charge in [0.1, 0.15) is 6.07 Å². The van der Waals surface area contributed by atoms with Gasteiger partial charge in [0.15, 0.2) is 6.29 Å². The Bertz CT molecular complexity index is 458. The first-order chi connectivity index (χ1) is 7.15. The molecular formula is C11H9NO3. The van der Waals surface area contributed by atoms with Crippen LogP contribution < -0.4 is 0 Å². The molecule has 0 aromatic heterocycles. The predicted molar refractivity (Wildman–Crippen MR) is 52.9 cm³/mol. The minimum atomic E-state index is -1.25. The van der Waals surface area contributed by atoms with Crippen LogP contribution in [0.2, 0.25) is 0 Å². The second-order valence-electron chi connectivity index (χ2n) is 2.95. The van der Waals surface area contributed by atoms with E-state index in [1.807, 2.05) is 6.92 Å². The molecule has 0 unspecified atom stereocenters. The third-order valence-electron chi connectivity index (χ3n) is 2.17. The van der Waals surface area contributed by atoms with Crippen molar-refractivity contribution in [2.24, 2.45) is 0 Å². The average Bonchev–Trinajstić information content (AvgIpc) is 2.26. The molecule has 0 amide bonds. The smallest absolute Gasteiger partial charge is 0.337 e. The Kier molecular flexibility index (Phi) is 3.19. The number of aromatic carboxylic acids is 1. The van der Waals surface area contributed by atoms with E-state index in [9.17, 15) is 9.59 Å². The Morgan fingerprint density at radius 2 is 2.27 bits per heavy atom. The van der Waals surface area contributed by atoms with Crippen molar-refractivity contribution in [1.29, 1.82) is 5.26 Å². The van der Waals surface area contributed by atoms with Crippen LogP contribution in [0.15, 0.2) is 12.1 Å². The molecule has 0 radical (unpaired) electrons. The predicted octanol–water partition coefficient (Wildman–Crippen LogP) is 1.63. The summed E-state index contributed by atoms with van der Waals surface area (Å²) in [4.78, 5) is 21.7. The Morgan fingerprint density at radius 3 is 2.67 bits per heavy atom. The highest BCUT2D eigenvalue weighted by Gasteiger charge is 2.17. The molecule has 4 heteroatoms. The Labute approximate surface area is 86.8 Å². The lowest BCUT2D eigenvalue weighted by molar-refractivity contribution is 0.0693. The van der Waals surface area contributed by atoms with Crippen LogP contribution >= 0.6 is 0 Å². The van der Waals surface area contributed by atoms with Crippen molar-refractivity contribution in [1.82, 2.24) is 0 Å². The monoisotopic (exact) mass is 203 g/mol. The second-order valence-corrected chi connectivity index (χ2v) is 2.95. The normalized spacial score (nSPS) is 9.33. The fourth-order valence-electron chi connectivity index (χ4n) is 1.43. The first-order valence-corrected chi connectivity index (χ1v) is 4.40. The van der Waals surface area contributed by atoms with Crippen molar-refractivity contribution in [3.05, 3.63) is 34.4 Å². The van der Waals surface area contributed by atoms with E-state index in [2.05, 4.69) is 0 Å². The van der Waals surface area contributed by atoms with Gasteiger partial charge in [-0.05, 0) is 18.1 Å². The molecule has 15 heavy (non-hydrogen) atoms. The van der Waals surface area contributed by atoms with Crippen LogP contribution in [0.1, 0.15) is 38.8 Å². The number of hydrogen-bond acceptors (Lipinski definition) is 3. The molecular weight excluding hydrogens is 194 g/mol. The van der Waals surface area contributed by atoms with Crippen molar-refractivity contribution >= 4 is 12.3 Å². The van der Waals surface area contributed by atoms with Gasteiger partial charge in [0.05, 0.1) is 11.1 Å². The molecule has 0 aliphatic heterocycles. The molecule has 0 aliphatic rings. The Hall–Kier alpha value is -2.15. The van der Waals surface area contributed by atoms with Crippen LogP contribution in [0.5, 0.6) is 0 Å². The maximum absolute atomic E-state index is 10.9. The summed E-state index contributed by atoms with van der Waals surface area (Å²) in [6.07, 6.45) is 1.04. The van der Waals surface area contributed by atoms with Crippen LogP contribution in [0, 0.1) is 11.3 Å². The van der Waals surface area contributed by atoms with Gasteiger partial charge in [0.2, 0.25) is 0 Å². The van der Waals surface area contributed by atoms with Gasteiger partial charge in [-0.2, -0.15) is 5.26 Å². The number of carboxylic acid groups (broad SMARTS) is 1. The molecule has 1 N–H and O–H groups in total. The van der Waals surface area contributed by atoms with Crippen LogP contribution in [-0.2, 0) is 6.42 Å². The number of hydrogen-bond donors (Lipinski definition) is 1. The van der Waals surface area contributed by atoms with E-state index in [1.165, 1.54) is 6.07 Å². The maximum Gasteiger partial charge on any atom is 0.337 e. The molecule has 0 saturated heterocycles. The van der Waals surface area contributed by atoms with E-state index in [-0.39, 0.29) is 16.7 Å². The van der Waals surface area contributed by atoms with Gasteiger partial charge >= 0.3 is 5.97 Å². The average molecular weight is 203 g/mol. The molecule has 1 aromatic rings. The van der Waals surface area contributed by atoms with Crippen LogP contribution in [0.4, 0.5) is 0 Å². The highest BCUT2D eigenvalue weighted by molar-refractivity contribution is 6.00. The van der Waals surface area contributed by atoms with Gasteiger partial charge < -0.3 is 5.11 Å². The zero-order valence-corrected chi connectivity index (χ0v) is 8.15. The third-order valence-corrected chi connectivity index (χ3v) is 2.17. The standard InChI is InChI=1S/C11H9NO3/c1-2-7-3-4-8(5-12)10(11(14)15)9(7)6-13/h3-4,6H,2H2,1H3,(H,14,15). The summed E-state index contributed by atoms with van der Waals surface area (Å²) in [5, 5.41) is 17.6. The summed E-state index contributed by atoms with van der Waals surface area (Å²) >= 11 is 0. The van der Waals surface area contributed by atoms with E-state index in [0.29, 0.717) is 18.3 Å². The molecule has 1 rings (SSSR count). The summed E-state index contributed by atoms with van der Waals surface area (Å²) in [6.45, 7) is 1.82. The van der Waals surface area contributed by atoms with Crippen molar-refractivity contribution in [3.63, 3.8) is 0 Å². The van der Waals surface area contributed by atoms with E-state index in [1.54, 1.807) is 12.1 Å². The summed E-state index contributed by atoms with van der Waals surface area (Å²) in [5.41, 5.74) is 0.555. The highest BCUT2D eigenvalue weighted by Crippen LogP contribution is 2.18. The Balaban J connectivity index is 3.60. The van der Waals surface area contributed by atoms with Crippen LogP contribution in [0.3, 0.4) is 0 Å². The molecule has 0 aliphatic carbocycles. The molecule has 0 spiro atoms. The van der Waals surface area contributed by atoms with E-state index in [4.69, 9.17) is 10.4 Å². The minimum absolute atomic E-state index is 0.0156. The van der Waals surface area contributed by atoms with E-state index >= 15 is 0 Å². The summed E-state index contributed by atoms with van der Waals surface area (Å²) < 4.78 is 0. The topological polar surface area (TPSA) is 78.2 Å². The van der Waals surface area contributed by atoms with Gasteiger partial charge in [-0.1, -0.05) is 13.0 Å². The first-order valence-electron chi connectivity index (χ1n) is 4.40. The summed E-state index contributed by atoms with van der Waals surface area (Å²) in [6, 6.07) is 4.79. The SMILES string of the molecule is CCc1ccc(C#N)c(C(=O)O)c1C=O. The maximum atomic E-state index is 10.9. The molecule has 0 saturated carbocycles. The third kappa shape index (κ3) is 1.86. The Morgan fingerprint density at radius 1 is 1.60 bits per heavy atom. The first kappa shape index (κ1) is 10.9. The lowest BCUT2D eigenvalue weighted by atomic mass is 9.96. The van der Waals surface area contributed by atoms with Crippen LogP contribution in [-0.4, -0.2) is 17.4 Å². The molecule has 0 fully saturated rings. The molecule has 1 aromatic carbocycles. The minimum Gasteiger partial charge on any atom is -0.478 e. The number of carbonyl (C=O) groups is 2. The largest absolute Gasteiger partial charge is 0.478 e. The van der Waals surface area contributed by atoms with Crippen LogP contribution in [0.25, 0.3) is 0 Å². The number of nitriles is 1. The fourth-order valence-corrected chi connectivity index (χ4v) is 1.43. The highest BCUT2D eigenvalue weighted by atomic mass is 16.4. The quantitative estimate of drug-likeness (QED) is 0.757. The van der Waals surface area contributed by atoms with Gasteiger partial charge in [0.25, 0.3) is 0 Å². The molecule has 4 nitrogen and oxygen atoms in total. The number of carbonyl (C=O) groups excluding carboxylic acids is 1. The second kappa shape index (κ2) is 4.38. The summed E-state index contributed by atoms with van der Waals surface area (Å²) in [7, 11) is 0. The number of aldehydes is 1. The lowest BCUT2D eigenvalue weighted by Crippen LogP contribution is -2.08. The van der Waals surface area contributed by atoms with Crippen molar-refractivity contribution in [2.45, 2.75) is 13.3 Å². The molecule has 0 heterocycles. The number of aryl methyl sites for hydroxylation is 1. The van der Waals surface area contributed by atoms with Gasteiger partial charge in [-0.25, -0.2) is 4.79 Å². The number of benzene rings is 1. The molecule has 0 bridgehead atoms. The van der Waals surface area contributed by atoms with Gasteiger partial charge in [-0.3, -0.25) is 4.79 Å². The zero-order chi connectivity index (χ0) is 11.4. The van der Waals surface area contributed by atoms with E-state index in [0.717, 1.165) is 0 Å². The fraction of sp³-hybridized carbons (Fsp3) is 0.182. The van der Waals surface area contributed by atoms with E-state index < -0.39 is 5.97 Å². The lowest BCUT2D eigenvalue weighted by Gasteiger charge is -2.06. The van der Waals surface area contributed by atoms with Gasteiger partial charge in [-0.15, -0.1) is 0 Å². The number of rotatable bonds is 3. The van der Waals surface area contributed by atoms with Crippen molar-refractivity contribution in [3.8, 4) is 6.07 Å². The summed E-state index contributed by atoms with van der Waals surface area (Å²) in [5.74, 6) is -1.25. The molecule has 76 valence electrons. The number of carboxylic acids is 1. The van der Waals surface area contributed by atoms with Gasteiger partial charge in [0, 0.05) is 5.56 Å². The number of nitrogens with zero attached hydrogens (tertiary/aromatic N) is 1. The molecule has 0 atom stereocenters. The van der Waals surface area contributed by atoms with Crippen molar-refractivity contribution in [2.75, 3.05) is 0 Å².